The van der Waals surface area contributed by atoms with Gasteiger partial charge in [0.2, 0.25) is 5.91 Å². The lowest BCUT2D eigenvalue weighted by Gasteiger charge is -2.28. The lowest BCUT2D eigenvalue weighted by atomic mass is 9.81. The molecule has 0 aliphatic carbocycles. The van der Waals surface area contributed by atoms with Crippen LogP contribution in [0.5, 0.6) is 0 Å². The van der Waals surface area contributed by atoms with Crippen LogP contribution in [0.2, 0.25) is 0 Å². The summed E-state index contributed by atoms with van der Waals surface area (Å²) in [4.78, 5) is 19.7. The van der Waals surface area contributed by atoms with Crippen LogP contribution in [0.1, 0.15) is 26.7 Å². The van der Waals surface area contributed by atoms with Crippen molar-refractivity contribution in [2.24, 2.45) is 11.1 Å². The minimum absolute atomic E-state index is 0.0132. The summed E-state index contributed by atoms with van der Waals surface area (Å²) >= 11 is 0. The molecule has 0 radical (unpaired) electrons. The molecule has 2 aromatic rings. The third kappa shape index (κ3) is 3.13. The average molecular weight is 286 g/mol. The van der Waals surface area contributed by atoms with E-state index in [2.05, 4.69) is 15.3 Å². The maximum Gasteiger partial charge on any atom is 0.231 e. The van der Waals surface area contributed by atoms with E-state index >= 15 is 0 Å². The van der Waals surface area contributed by atoms with Crippen LogP contribution in [-0.2, 0) is 4.79 Å². The van der Waals surface area contributed by atoms with Crippen molar-refractivity contribution in [2.75, 3.05) is 11.9 Å². The largest absolute Gasteiger partial charge is 0.345 e. The van der Waals surface area contributed by atoms with Gasteiger partial charge in [-0.2, -0.15) is 0 Å². The second-order valence-electron chi connectivity index (χ2n) is 5.16. The van der Waals surface area contributed by atoms with E-state index in [4.69, 9.17) is 5.73 Å². The quantitative estimate of drug-likeness (QED) is 0.763. The van der Waals surface area contributed by atoms with E-state index in [0.717, 1.165) is 29.9 Å². The third-order valence-electron chi connectivity index (χ3n) is 4.14. The first-order valence-corrected chi connectivity index (χ1v) is 7.26. The van der Waals surface area contributed by atoms with Crippen LogP contribution in [0.15, 0.2) is 36.7 Å². The predicted octanol–water partition coefficient (Wildman–Crippen LogP) is 2.78. The number of H-pyrrole nitrogens is 1. The lowest BCUT2D eigenvalue weighted by molar-refractivity contribution is -0.125. The van der Waals surface area contributed by atoms with Crippen LogP contribution in [0.3, 0.4) is 0 Å². The monoisotopic (exact) mass is 286 g/mol. The first kappa shape index (κ1) is 15.3. The summed E-state index contributed by atoms with van der Waals surface area (Å²) in [5.74, 6) is 0.798. The van der Waals surface area contributed by atoms with E-state index in [-0.39, 0.29) is 5.91 Å². The second kappa shape index (κ2) is 6.54. The van der Waals surface area contributed by atoms with Gasteiger partial charge in [-0.3, -0.25) is 4.79 Å². The van der Waals surface area contributed by atoms with Crippen LogP contribution in [0.4, 0.5) is 5.69 Å². The summed E-state index contributed by atoms with van der Waals surface area (Å²) in [6.07, 6.45) is 4.96. The molecule has 0 aliphatic heterocycles. The number of benzene rings is 1. The maximum absolute atomic E-state index is 12.4. The van der Waals surface area contributed by atoms with E-state index in [1.165, 1.54) is 0 Å². The Morgan fingerprint density at radius 3 is 2.43 bits per heavy atom. The van der Waals surface area contributed by atoms with Crippen molar-refractivity contribution in [3.05, 3.63) is 36.7 Å². The number of rotatable bonds is 6. The Bertz CT molecular complexity index is 563. The minimum atomic E-state index is -0.486. The van der Waals surface area contributed by atoms with Gasteiger partial charge in [-0.1, -0.05) is 13.8 Å². The highest BCUT2D eigenvalue weighted by Crippen LogP contribution is 2.27. The zero-order valence-electron chi connectivity index (χ0n) is 12.5. The molecule has 2 rings (SSSR count). The summed E-state index contributed by atoms with van der Waals surface area (Å²) in [5.41, 5.74) is 7.07. The Labute approximate surface area is 125 Å². The summed E-state index contributed by atoms with van der Waals surface area (Å²) in [5, 5.41) is 2.96. The number of amides is 1. The second-order valence-corrected chi connectivity index (χ2v) is 5.16. The molecule has 0 fully saturated rings. The number of aromatic amines is 1. The molecule has 0 bridgehead atoms. The van der Waals surface area contributed by atoms with Gasteiger partial charge in [0.15, 0.2) is 0 Å². The highest BCUT2D eigenvalue weighted by Gasteiger charge is 2.33. The molecular formula is C16H22N4O. The number of aromatic nitrogens is 2. The molecule has 5 nitrogen and oxygen atoms in total. The fourth-order valence-corrected chi connectivity index (χ4v) is 2.35. The van der Waals surface area contributed by atoms with E-state index in [9.17, 15) is 4.79 Å². The van der Waals surface area contributed by atoms with E-state index in [0.29, 0.717) is 6.54 Å². The number of nitrogens with one attached hydrogen (secondary N) is 2. The van der Waals surface area contributed by atoms with Crippen molar-refractivity contribution < 1.29 is 4.79 Å². The van der Waals surface area contributed by atoms with Crippen molar-refractivity contribution in [3.63, 3.8) is 0 Å². The molecule has 1 amide bonds. The number of nitrogens with zero attached hydrogens (tertiary/aromatic N) is 1. The molecular weight excluding hydrogens is 264 g/mol. The van der Waals surface area contributed by atoms with Crippen LogP contribution in [-0.4, -0.2) is 22.4 Å². The van der Waals surface area contributed by atoms with Crippen LogP contribution < -0.4 is 11.1 Å². The minimum Gasteiger partial charge on any atom is -0.345 e. The fraction of sp³-hybridized carbons (Fsp3) is 0.375. The number of nitrogens with two attached hydrogens (primary N) is 1. The summed E-state index contributed by atoms with van der Waals surface area (Å²) < 4.78 is 0. The molecule has 5 heteroatoms. The van der Waals surface area contributed by atoms with Crippen molar-refractivity contribution in [1.29, 1.82) is 0 Å². The topological polar surface area (TPSA) is 83.8 Å². The fourth-order valence-electron chi connectivity index (χ4n) is 2.35. The Hall–Kier alpha value is -2.14. The lowest BCUT2D eigenvalue weighted by Crippen LogP contribution is -2.41. The molecule has 0 unspecified atom stereocenters. The van der Waals surface area contributed by atoms with Gasteiger partial charge in [-0.25, -0.2) is 4.98 Å². The number of carbonyl (C=O) groups is 1. The van der Waals surface area contributed by atoms with Crippen molar-refractivity contribution in [3.8, 4) is 11.4 Å². The molecule has 0 atom stereocenters. The van der Waals surface area contributed by atoms with E-state index < -0.39 is 5.41 Å². The molecule has 1 heterocycles. The van der Waals surface area contributed by atoms with Gasteiger partial charge < -0.3 is 16.0 Å². The van der Waals surface area contributed by atoms with Gasteiger partial charge in [0.25, 0.3) is 0 Å². The smallest absolute Gasteiger partial charge is 0.231 e. The standard InChI is InChI=1S/C16H22N4O/c1-3-16(4-2,11-17)15(21)20-13-7-5-12(6-8-13)14-18-9-10-19-14/h5-10H,3-4,11,17H2,1-2H3,(H,18,19)(H,20,21). The molecule has 112 valence electrons. The first-order chi connectivity index (χ1) is 10.1. The van der Waals surface area contributed by atoms with E-state index in [1.54, 1.807) is 12.4 Å². The number of carbonyl (C=O) groups excluding carboxylic acids is 1. The number of hydrogen-bond donors (Lipinski definition) is 3. The SMILES string of the molecule is CCC(CC)(CN)C(=O)Nc1ccc(-c2ncc[nH]2)cc1. The summed E-state index contributed by atoms with van der Waals surface area (Å²) in [6.45, 7) is 4.35. The van der Waals surface area contributed by atoms with Gasteiger partial charge in [-0.05, 0) is 37.1 Å². The molecule has 0 spiro atoms. The molecule has 0 aliphatic rings. The molecule has 21 heavy (non-hydrogen) atoms. The van der Waals surface area contributed by atoms with Crippen LogP contribution in [0, 0.1) is 5.41 Å². The van der Waals surface area contributed by atoms with Crippen LogP contribution >= 0.6 is 0 Å². The molecule has 4 N–H and O–H groups in total. The van der Waals surface area contributed by atoms with E-state index in [1.807, 2.05) is 38.1 Å². The maximum atomic E-state index is 12.4. The Balaban J connectivity index is 2.11. The highest BCUT2D eigenvalue weighted by atomic mass is 16.2. The number of hydrogen-bond acceptors (Lipinski definition) is 3. The predicted molar refractivity (Wildman–Crippen MR) is 84.7 cm³/mol. The van der Waals surface area contributed by atoms with Gasteiger partial charge in [0, 0.05) is 30.2 Å². The molecule has 0 saturated heterocycles. The normalized spacial score (nSPS) is 11.4. The molecule has 1 aromatic heterocycles. The Morgan fingerprint density at radius 2 is 1.95 bits per heavy atom. The first-order valence-electron chi connectivity index (χ1n) is 7.26. The Morgan fingerprint density at radius 1 is 1.29 bits per heavy atom. The van der Waals surface area contributed by atoms with Crippen molar-refractivity contribution in [1.82, 2.24) is 9.97 Å². The molecule has 1 aromatic carbocycles. The van der Waals surface area contributed by atoms with Crippen LogP contribution in [0.25, 0.3) is 11.4 Å². The van der Waals surface area contributed by atoms with Gasteiger partial charge >= 0.3 is 0 Å². The number of imidazole rings is 1. The zero-order chi connectivity index (χ0) is 15.3. The Kier molecular flexibility index (Phi) is 4.75. The van der Waals surface area contributed by atoms with Crippen molar-refractivity contribution in [2.45, 2.75) is 26.7 Å². The third-order valence-corrected chi connectivity index (χ3v) is 4.14. The van der Waals surface area contributed by atoms with Crippen molar-refractivity contribution >= 4 is 11.6 Å². The van der Waals surface area contributed by atoms with Gasteiger partial charge in [0.05, 0.1) is 5.41 Å². The molecule has 0 saturated carbocycles. The van der Waals surface area contributed by atoms with Gasteiger partial charge in [0.1, 0.15) is 5.82 Å². The summed E-state index contributed by atoms with van der Waals surface area (Å²) in [6, 6.07) is 7.61. The summed E-state index contributed by atoms with van der Waals surface area (Å²) in [7, 11) is 0. The van der Waals surface area contributed by atoms with Gasteiger partial charge in [-0.15, -0.1) is 0 Å². The number of anilines is 1. The zero-order valence-corrected chi connectivity index (χ0v) is 12.5. The average Bonchev–Trinajstić information content (AvgIpc) is 3.05. The highest BCUT2D eigenvalue weighted by molar-refractivity contribution is 5.95.